The molecule has 1 unspecified atom stereocenters. The summed E-state index contributed by atoms with van der Waals surface area (Å²) in [5, 5.41) is 15.2. The number of aromatic nitrogens is 4. The van der Waals surface area contributed by atoms with Crippen molar-refractivity contribution in [2.75, 3.05) is 6.79 Å². The molecule has 0 bridgehead atoms. The molecule has 5 rings (SSSR count). The maximum atomic E-state index is 13.9. The zero-order chi connectivity index (χ0) is 28.4. The number of carbonyl (C=O) groups is 2. The first-order valence-electron chi connectivity index (χ1n) is 12.7. The number of tetrazole rings is 1. The molecule has 4 aromatic rings. The van der Waals surface area contributed by atoms with Crippen LogP contribution in [0, 0.1) is 12.7 Å². The predicted molar refractivity (Wildman–Crippen MR) is 140 cm³/mol. The number of amides is 2. The van der Waals surface area contributed by atoms with Crippen LogP contribution in [0.2, 0.25) is 0 Å². The molecule has 0 aliphatic carbocycles. The largest absolute Gasteiger partial charge is 0.458 e. The minimum Gasteiger partial charge on any atom is -0.458 e. The van der Waals surface area contributed by atoms with E-state index in [-0.39, 0.29) is 25.7 Å². The number of rotatable bonds is 8. The summed E-state index contributed by atoms with van der Waals surface area (Å²) in [6.07, 6.45) is 0. The first-order valence-corrected chi connectivity index (χ1v) is 12.7. The van der Waals surface area contributed by atoms with E-state index in [0.717, 1.165) is 4.80 Å². The zero-order valence-electron chi connectivity index (χ0n) is 22.6. The van der Waals surface area contributed by atoms with Crippen molar-refractivity contribution in [2.24, 2.45) is 0 Å². The molecule has 1 aliphatic rings. The highest BCUT2D eigenvalue weighted by Gasteiger charge is 2.34. The van der Waals surface area contributed by atoms with Gasteiger partial charge in [0.15, 0.2) is 17.3 Å². The Kier molecular flexibility index (Phi) is 7.24. The fraction of sp³-hybridized carbons (Fsp3) is 0.321. The molecule has 11 nitrogen and oxygen atoms in total. The maximum absolute atomic E-state index is 13.9. The number of fused-ring (bicyclic) bond motifs is 1. The van der Waals surface area contributed by atoms with E-state index in [0.29, 0.717) is 34.1 Å². The Balaban J connectivity index is 1.50. The topological polar surface area (TPSA) is 125 Å². The van der Waals surface area contributed by atoms with E-state index in [1.54, 1.807) is 37.3 Å². The van der Waals surface area contributed by atoms with Crippen molar-refractivity contribution in [3.63, 3.8) is 0 Å². The lowest BCUT2D eigenvalue weighted by Gasteiger charge is -2.33. The van der Waals surface area contributed by atoms with Crippen LogP contribution in [0.15, 0.2) is 59.0 Å². The molecule has 0 fully saturated rings. The van der Waals surface area contributed by atoms with Crippen LogP contribution in [0.25, 0.3) is 11.6 Å². The van der Waals surface area contributed by atoms with Crippen molar-refractivity contribution in [3.8, 4) is 23.1 Å². The second-order valence-corrected chi connectivity index (χ2v) is 10.5. The van der Waals surface area contributed by atoms with Gasteiger partial charge in [-0.25, -0.2) is 4.39 Å². The van der Waals surface area contributed by atoms with Crippen LogP contribution in [0.4, 0.5) is 4.39 Å². The summed E-state index contributed by atoms with van der Waals surface area (Å²) in [5.74, 6) is 1.12. The molecule has 0 spiro atoms. The third-order valence-electron chi connectivity index (χ3n) is 6.04. The predicted octanol–water partition coefficient (Wildman–Crippen LogP) is 3.79. The second-order valence-electron chi connectivity index (χ2n) is 10.5. The number of ether oxygens (including phenoxy) is 2. The normalized spacial score (nSPS) is 13.2. The van der Waals surface area contributed by atoms with Crippen molar-refractivity contribution in [3.05, 3.63) is 77.3 Å². The maximum Gasteiger partial charge on any atom is 0.247 e. The molecule has 2 amide bonds. The molecule has 1 aliphatic heterocycles. The van der Waals surface area contributed by atoms with Crippen LogP contribution >= 0.6 is 0 Å². The standard InChI is InChI=1S/C28H29FN6O5/c1-17-5-11-22(40-17)26-31-33-35(32-26)15-24(36)34(14-18-6-12-21-23(13-18)39-16-38-21)25(27(37)30-28(2,3)4)19-7-9-20(29)10-8-19/h5-13,25H,14-16H2,1-4H3,(H,30,37). The molecule has 1 atom stereocenters. The summed E-state index contributed by atoms with van der Waals surface area (Å²) in [6, 6.07) is 13.2. The number of benzene rings is 2. The Morgan fingerprint density at radius 3 is 2.52 bits per heavy atom. The van der Waals surface area contributed by atoms with Crippen molar-refractivity contribution in [1.29, 1.82) is 0 Å². The minimum absolute atomic E-state index is 0.0357. The summed E-state index contributed by atoms with van der Waals surface area (Å²) < 4.78 is 30.3. The number of carbonyl (C=O) groups excluding carboxylic acids is 2. The number of halogens is 1. The molecule has 2 aromatic carbocycles. The second kappa shape index (κ2) is 10.8. The SMILES string of the molecule is Cc1ccc(-c2nnn(CC(=O)N(Cc3ccc4c(c3)OCO4)C(C(=O)NC(C)(C)C)c3ccc(F)cc3)n2)o1. The average Bonchev–Trinajstić information content (AvgIpc) is 3.64. The number of hydrogen-bond donors (Lipinski definition) is 1. The van der Waals surface area contributed by atoms with Crippen LogP contribution in [0.1, 0.15) is 43.7 Å². The van der Waals surface area contributed by atoms with Gasteiger partial charge in [-0.3, -0.25) is 9.59 Å². The fourth-order valence-electron chi connectivity index (χ4n) is 4.29. The molecule has 0 saturated heterocycles. The lowest BCUT2D eigenvalue weighted by molar-refractivity contribution is -0.143. The van der Waals surface area contributed by atoms with E-state index >= 15 is 0 Å². The number of hydrogen-bond acceptors (Lipinski definition) is 8. The van der Waals surface area contributed by atoms with Gasteiger partial charge in [0.2, 0.25) is 24.4 Å². The van der Waals surface area contributed by atoms with Gasteiger partial charge in [-0.15, -0.1) is 10.2 Å². The van der Waals surface area contributed by atoms with Crippen molar-refractivity contribution in [1.82, 2.24) is 30.4 Å². The Bertz CT molecular complexity index is 1520. The van der Waals surface area contributed by atoms with Gasteiger partial charge in [-0.2, -0.15) is 4.80 Å². The zero-order valence-corrected chi connectivity index (χ0v) is 22.6. The molecule has 40 heavy (non-hydrogen) atoms. The highest BCUT2D eigenvalue weighted by Crippen LogP contribution is 2.34. The smallest absolute Gasteiger partial charge is 0.247 e. The van der Waals surface area contributed by atoms with Crippen molar-refractivity contribution >= 4 is 11.8 Å². The highest BCUT2D eigenvalue weighted by molar-refractivity contribution is 5.89. The molecule has 3 heterocycles. The number of nitrogens with zero attached hydrogens (tertiary/aromatic N) is 5. The average molecular weight is 549 g/mol. The highest BCUT2D eigenvalue weighted by atomic mass is 19.1. The molecular weight excluding hydrogens is 519 g/mol. The first-order chi connectivity index (χ1) is 19.1. The minimum atomic E-state index is -1.09. The number of aryl methyl sites for hydroxylation is 1. The lowest BCUT2D eigenvalue weighted by Crippen LogP contribution is -2.49. The Morgan fingerprint density at radius 1 is 1.07 bits per heavy atom. The third kappa shape index (κ3) is 6.11. The summed E-state index contributed by atoms with van der Waals surface area (Å²) in [4.78, 5) is 30.2. The van der Waals surface area contributed by atoms with Gasteiger partial charge < -0.3 is 24.1 Å². The van der Waals surface area contributed by atoms with Crippen LogP contribution in [-0.2, 0) is 22.7 Å². The summed E-state index contributed by atoms with van der Waals surface area (Å²) in [6.45, 7) is 7.15. The molecule has 12 heteroatoms. The van der Waals surface area contributed by atoms with E-state index in [9.17, 15) is 14.0 Å². The summed E-state index contributed by atoms with van der Waals surface area (Å²) in [5.41, 5.74) is 0.550. The molecule has 2 aromatic heterocycles. The van der Waals surface area contributed by atoms with E-state index in [1.807, 2.05) is 20.8 Å². The van der Waals surface area contributed by atoms with Gasteiger partial charge in [-0.1, -0.05) is 18.2 Å². The van der Waals surface area contributed by atoms with E-state index in [4.69, 9.17) is 13.9 Å². The van der Waals surface area contributed by atoms with Gasteiger partial charge in [0.25, 0.3) is 0 Å². The lowest BCUT2D eigenvalue weighted by atomic mass is 10.0. The molecule has 0 saturated carbocycles. The first kappa shape index (κ1) is 26.9. The van der Waals surface area contributed by atoms with Gasteiger partial charge in [0.05, 0.1) is 0 Å². The third-order valence-corrected chi connectivity index (χ3v) is 6.04. The summed E-state index contributed by atoms with van der Waals surface area (Å²) in [7, 11) is 0. The van der Waals surface area contributed by atoms with Crippen LogP contribution in [0.5, 0.6) is 11.5 Å². The van der Waals surface area contributed by atoms with Crippen molar-refractivity contribution < 1.29 is 27.9 Å². The van der Waals surface area contributed by atoms with Crippen LogP contribution < -0.4 is 14.8 Å². The van der Waals surface area contributed by atoms with Crippen molar-refractivity contribution in [2.45, 2.75) is 52.4 Å². The Hall–Kier alpha value is -4.74. The number of furan rings is 1. The van der Waals surface area contributed by atoms with Crippen LogP contribution in [0.3, 0.4) is 0 Å². The Labute approximate surface area is 229 Å². The van der Waals surface area contributed by atoms with E-state index in [1.165, 1.54) is 29.2 Å². The molecule has 1 N–H and O–H groups in total. The Morgan fingerprint density at radius 2 is 1.82 bits per heavy atom. The van der Waals surface area contributed by atoms with Gasteiger partial charge >= 0.3 is 0 Å². The quantitative estimate of drug-likeness (QED) is 0.353. The molecule has 208 valence electrons. The molecular formula is C28H29FN6O5. The number of nitrogens with one attached hydrogen (secondary N) is 1. The van der Waals surface area contributed by atoms with Gasteiger partial charge in [0, 0.05) is 12.1 Å². The van der Waals surface area contributed by atoms with Crippen LogP contribution in [-0.4, -0.2) is 49.3 Å². The molecule has 0 radical (unpaired) electrons. The van der Waals surface area contributed by atoms with E-state index in [2.05, 4.69) is 20.7 Å². The van der Waals surface area contributed by atoms with E-state index < -0.39 is 29.2 Å². The fourth-order valence-corrected chi connectivity index (χ4v) is 4.29. The monoisotopic (exact) mass is 548 g/mol. The van der Waals surface area contributed by atoms with Gasteiger partial charge in [-0.05, 0) is 80.4 Å². The summed E-state index contributed by atoms with van der Waals surface area (Å²) >= 11 is 0. The van der Waals surface area contributed by atoms with Gasteiger partial charge in [0.1, 0.15) is 24.2 Å².